The topological polar surface area (TPSA) is 80.8 Å². The lowest BCUT2D eigenvalue weighted by atomic mass is 9.81. The van der Waals surface area contributed by atoms with E-state index in [1.165, 1.54) is 0 Å². The van der Waals surface area contributed by atoms with Crippen LogP contribution in [0.2, 0.25) is 0 Å². The number of rotatable bonds is 5. The molecule has 0 spiro atoms. The predicted octanol–water partition coefficient (Wildman–Crippen LogP) is 2.51. The Labute approximate surface area is 158 Å². The molecular weight excluding hydrogens is 346 g/mol. The van der Waals surface area contributed by atoms with E-state index in [4.69, 9.17) is 4.74 Å². The van der Waals surface area contributed by atoms with Gasteiger partial charge in [-0.2, -0.15) is 0 Å². The SMILES string of the molecule is Cc1cc(C)c(C(=O)COC(=O)CN2C(=O)C3CCCCC3C2=O)c(C)c1. The summed E-state index contributed by atoms with van der Waals surface area (Å²) in [6.07, 6.45) is 3.26. The molecule has 1 aromatic rings. The maximum atomic E-state index is 12.4. The highest BCUT2D eigenvalue weighted by molar-refractivity contribution is 6.07. The molecule has 2 unspecified atom stereocenters. The Balaban J connectivity index is 1.59. The number of aryl methyl sites for hydroxylation is 3. The van der Waals surface area contributed by atoms with Crippen LogP contribution < -0.4 is 0 Å². The lowest BCUT2D eigenvalue weighted by molar-refractivity contribution is -0.152. The second-order valence-electron chi connectivity index (χ2n) is 7.62. The van der Waals surface area contributed by atoms with E-state index < -0.39 is 19.1 Å². The van der Waals surface area contributed by atoms with Gasteiger partial charge in [0.15, 0.2) is 6.61 Å². The fourth-order valence-electron chi connectivity index (χ4n) is 4.40. The lowest BCUT2D eigenvalue weighted by Crippen LogP contribution is -2.37. The van der Waals surface area contributed by atoms with E-state index in [2.05, 4.69) is 0 Å². The highest BCUT2D eigenvalue weighted by atomic mass is 16.5. The molecule has 1 saturated carbocycles. The number of nitrogens with zero attached hydrogens (tertiary/aromatic N) is 1. The van der Waals surface area contributed by atoms with Crippen molar-refractivity contribution in [1.29, 1.82) is 0 Å². The fourth-order valence-corrected chi connectivity index (χ4v) is 4.40. The smallest absolute Gasteiger partial charge is 0.326 e. The summed E-state index contributed by atoms with van der Waals surface area (Å²) in [5.41, 5.74) is 3.28. The summed E-state index contributed by atoms with van der Waals surface area (Å²) in [4.78, 5) is 50.4. The highest BCUT2D eigenvalue weighted by Crippen LogP contribution is 2.37. The molecule has 2 amide bonds. The first-order valence-corrected chi connectivity index (χ1v) is 9.41. The van der Waals surface area contributed by atoms with Crippen molar-refractivity contribution in [3.8, 4) is 0 Å². The number of Topliss-reactive ketones (excluding diaryl/α,β-unsaturated/α-hetero) is 1. The van der Waals surface area contributed by atoms with Crippen LogP contribution in [0.15, 0.2) is 12.1 Å². The molecule has 144 valence electrons. The maximum Gasteiger partial charge on any atom is 0.326 e. The third kappa shape index (κ3) is 3.80. The number of ether oxygens (including phenoxy) is 1. The van der Waals surface area contributed by atoms with Crippen molar-refractivity contribution in [2.24, 2.45) is 11.8 Å². The van der Waals surface area contributed by atoms with Crippen LogP contribution in [0.4, 0.5) is 0 Å². The Bertz CT molecular complexity index is 766. The van der Waals surface area contributed by atoms with Gasteiger partial charge in [0.25, 0.3) is 0 Å². The molecule has 0 N–H and O–H groups in total. The number of amides is 2. The van der Waals surface area contributed by atoms with Gasteiger partial charge in [-0.3, -0.25) is 24.1 Å². The maximum absolute atomic E-state index is 12.4. The van der Waals surface area contributed by atoms with Crippen LogP contribution in [0.25, 0.3) is 0 Å². The molecule has 6 nitrogen and oxygen atoms in total. The van der Waals surface area contributed by atoms with Crippen LogP contribution >= 0.6 is 0 Å². The second kappa shape index (κ2) is 7.62. The number of imide groups is 1. The number of hydrogen-bond donors (Lipinski definition) is 0. The van der Waals surface area contributed by atoms with E-state index in [0.717, 1.165) is 34.4 Å². The van der Waals surface area contributed by atoms with Crippen molar-refractivity contribution < 1.29 is 23.9 Å². The number of likely N-dealkylation sites (tertiary alicyclic amines) is 1. The van der Waals surface area contributed by atoms with Crippen molar-refractivity contribution >= 4 is 23.6 Å². The number of carbonyl (C=O) groups is 4. The number of hydrogen-bond acceptors (Lipinski definition) is 5. The van der Waals surface area contributed by atoms with Crippen LogP contribution in [0, 0.1) is 32.6 Å². The van der Waals surface area contributed by atoms with Gasteiger partial charge >= 0.3 is 5.97 Å². The van der Waals surface area contributed by atoms with E-state index in [1.807, 2.05) is 32.9 Å². The fraction of sp³-hybridized carbons (Fsp3) is 0.524. The summed E-state index contributed by atoms with van der Waals surface area (Å²) in [7, 11) is 0. The summed E-state index contributed by atoms with van der Waals surface area (Å²) in [6, 6.07) is 3.82. The molecule has 2 atom stereocenters. The minimum Gasteiger partial charge on any atom is -0.456 e. The third-order valence-electron chi connectivity index (χ3n) is 5.54. The van der Waals surface area contributed by atoms with Crippen molar-refractivity contribution in [2.75, 3.05) is 13.2 Å². The first-order valence-electron chi connectivity index (χ1n) is 9.41. The van der Waals surface area contributed by atoms with Gasteiger partial charge in [-0.05, 0) is 44.7 Å². The lowest BCUT2D eigenvalue weighted by Gasteiger charge is -2.19. The molecule has 27 heavy (non-hydrogen) atoms. The minimum atomic E-state index is -0.730. The Morgan fingerprint density at radius 1 is 1.00 bits per heavy atom. The number of ketones is 1. The molecule has 0 aromatic heterocycles. The van der Waals surface area contributed by atoms with Crippen molar-refractivity contribution in [1.82, 2.24) is 4.90 Å². The monoisotopic (exact) mass is 371 g/mol. The molecule has 2 aliphatic rings. The average Bonchev–Trinajstić information content (AvgIpc) is 2.84. The Morgan fingerprint density at radius 2 is 1.52 bits per heavy atom. The van der Waals surface area contributed by atoms with Crippen LogP contribution in [0.3, 0.4) is 0 Å². The van der Waals surface area contributed by atoms with Gasteiger partial charge in [0.05, 0.1) is 11.8 Å². The third-order valence-corrected chi connectivity index (χ3v) is 5.54. The Morgan fingerprint density at radius 3 is 2.04 bits per heavy atom. The van der Waals surface area contributed by atoms with Crippen molar-refractivity contribution in [3.63, 3.8) is 0 Å². The molecule has 6 heteroatoms. The summed E-state index contributed by atoms with van der Waals surface area (Å²) in [5, 5.41) is 0. The molecule has 1 aliphatic carbocycles. The van der Waals surface area contributed by atoms with Gasteiger partial charge in [0.2, 0.25) is 17.6 Å². The number of carbonyl (C=O) groups excluding carboxylic acids is 4. The summed E-state index contributed by atoms with van der Waals surface area (Å²) in [6.45, 7) is 4.84. The molecule has 3 rings (SSSR count). The Hall–Kier alpha value is -2.50. The first kappa shape index (κ1) is 19.3. The standard InChI is InChI=1S/C21H25NO5/c1-12-8-13(2)19(14(3)9-12)17(23)11-27-18(24)10-22-20(25)15-6-4-5-7-16(15)21(22)26/h8-9,15-16H,4-7,10-11H2,1-3H3. The van der Waals surface area contributed by atoms with Crippen LogP contribution in [-0.2, 0) is 19.1 Å². The Kier molecular flexibility index (Phi) is 5.44. The predicted molar refractivity (Wildman–Crippen MR) is 98.1 cm³/mol. The number of benzene rings is 1. The van der Waals surface area contributed by atoms with E-state index in [0.29, 0.717) is 18.4 Å². The molecule has 0 radical (unpaired) electrons. The molecule has 1 aliphatic heterocycles. The molecule has 1 saturated heterocycles. The number of fused-ring (bicyclic) bond motifs is 1. The average molecular weight is 371 g/mol. The van der Waals surface area contributed by atoms with Gasteiger partial charge < -0.3 is 4.74 Å². The molecule has 1 heterocycles. The zero-order chi connectivity index (χ0) is 19.7. The number of esters is 1. The van der Waals surface area contributed by atoms with Crippen LogP contribution in [0.5, 0.6) is 0 Å². The molecule has 1 aromatic carbocycles. The van der Waals surface area contributed by atoms with E-state index in [1.54, 1.807) is 0 Å². The minimum absolute atomic E-state index is 0.279. The molecule has 0 bridgehead atoms. The van der Waals surface area contributed by atoms with Gasteiger partial charge in [-0.1, -0.05) is 30.5 Å². The van der Waals surface area contributed by atoms with Gasteiger partial charge in [-0.25, -0.2) is 0 Å². The van der Waals surface area contributed by atoms with E-state index in [9.17, 15) is 19.2 Å². The first-order chi connectivity index (χ1) is 12.8. The summed E-state index contributed by atoms with van der Waals surface area (Å²) < 4.78 is 5.08. The quantitative estimate of drug-likeness (QED) is 0.451. The van der Waals surface area contributed by atoms with Crippen molar-refractivity contribution in [2.45, 2.75) is 46.5 Å². The van der Waals surface area contributed by atoms with E-state index >= 15 is 0 Å². The molecular formula is C21H25NO5. The second-order valence-corrected chi connectivity index (χ2v) is 7.62. The van der Waals surface area contributed by atoms with E-state index in [-0.39, 0.29) is 29.4 Å². The van der Waals surface area contributed by atoms with Gasteiger partial charge in [-0.15, -0.1) is 0 Å². The molecule has 2 fully saturated rings. The van der Waals surface area contributed by atoms with Crippen molar-refractivity contribution in [3.05, 3.63) is 34.4 Å². The largest absolute Gasteiger partial charge is 0.456 e. The summed E-state index contributed by atoms with van der Waals surface area (Å²) in [5.74, 6) is -2.16. The summed E-state index contributed by atoms with van der Waals surface area (Å²) >= 11 is 0. The van der Waals surface area contributed by atoms with Crippen LogP contribution in [-0.4, -0.2) is 41.6 Å². The zero-order valence-electron chi connectivity index (χ0n) is 16.0. The van der Waals surface area contributed by atoms with Gasteiger partial charge in [0, 0.05) is 5.56 Å². The normalized spacial score (nSPS) is 22.0. The highest BCUT2D eigenvalue weighted by Gasteiger charge is 2.48. The van der Waals surface area contributed by atoms with Crippen LogP contribution in [0.1, 0.15) is 52.7 Å². The van der Waals surface area contributed by atoms with Gasteiger partial charge in [0.1, 0.15) is 6.54 Å². The zero-order valence-corrected chi connectivity index (χ0v) is 16.0.